The van der Waals surface area contributed by atoms with E-state index in [-0.39, 0.29) is 31.0 Å². The van der Waals surface area contributed by atoms with Gasteiger partial charge in [0.2, 0.25) is 5.91 Å². The van der Waals surface area contributed by atoms with Gasteiger partial charge in [0.25, 0.3) is 5.91 Å². The van der Waals surface area contributed by atoms with E-state index in [0.717, 1.165) is 41.5 Å². The molecule has 1 aromatic heterocycles. The highest BCUT2D eigenvalue weighted by atomic mass is 16.5. The molecule has 0 radical (unpaired) electrons. The molecule has 1 N–H and O–H groups in total. The van der Waals surface area contributed by atoms with Crippen molar-refractivity contribution >= 4 is 22.8 Å². The van der Waals surface area contributed by atoms with E-state index < -0.39 is 0 Å². The second-order valence-corrected chi connectivity index (χ2v) is 8.56. The molecule has 1 unspecified atom stereocenters. The number of para-hydroxylation sites is 2. The number of aromatic nitrogens is 2. The summed E-state index contributed by atoms with van der Waals surface area (Å²) in [4.78, 5) is 31.9. The summed E-state index contributed by atoms with van der Waals surface area (Å²) >= 11 is 0. The average Bonchev–Trinajstić information content (AvgIpc) is 3.16. The van der Waals surface area contributed by atoms with Crippen LogP contribution in [0.4, 0.5) is 0 Å². The van der Waals surface area contributed by atoms with Crippen LogP contribution in [0, 0.1) is 13.8 Å². The maximum atomic E-state index is 12.8. The molecule has 33 heavy (non-hydrogen) atoms. The maximum Gasteiger partial charge on any atom is 0.258 e. The Hall–Kier alpha value is -3.35. The highest BCUT2D eigenvalue weighted by Gasteiger charge is 2.21. The van der Waals surface area contributed by atoms with Gasteiger partial charge in [-0.3, -0.25) is 9.59 Å². The standard InChI is InChI=1S/C26H34N4O3/c1-6-7-14-29(5)25(32)16-30-22-11-9-8-10-21(22)28-26(30)20(4)27-24(31)17-33-23-15-18(2)12-13-19(23)3/h8-13,15,20H,6-7,14,16-17H2,1-5H3,(H,27,31). The Balaban J connectivity index is 1.73. The van der Waals surface area contributed by atoms with Gasteiger partial charge in [-0.25, -0.2) is 4.98 Å². The number of benzene rings is 2. The summed E-state index contributed by atoms with van der Waals surface area (Å²) in [7, 11) is 1.83. The minimum atomic E-state index is -0.388. The summed E-state index contributed by atoms with van der Waals surface area (Å²) in [5.74, 6) is 1.12. The third-order valence-electron chi connectivity index (χ3n) is 5.72. The lowest BCUT2D eigenvalue weighted by molar-refractivity contribution is -0.130. The van der Waals surface area contributed by atoms with Crippen molar-refractivity contribution in [2.75, 3.05) is 20.2 Å². The second kappa shape index (κ2) is 11.0. The molecule has 0 fully saturated rings. The molecule has 0 saturated heterocycles. The highest BCUT2D eigenvalue weighted by Crippen LogP contribution is 2.22. The lowest BCUT2D eigenvalue weighted by Crippen LogP contribution is -2.35. The van der Waals surface area contributed by atoms with E-state index in [2.05, 4.69) is 12.2 Å². The normalized spacial score (nSPS) is 11.9. The first-order chi connectivity index (χ1) is 15.8. The number of nitrogens with zero attached hydrogens (tertiary/aromatic N) is 3. The van der Waals surface area contributed by atoms with Gasteiger partial charge in [0.1, 0.15) is 18.1 Å². The summed E-state index contributed by atoms with van der Waals surface area (Å²) in [5.41, 5.74) is 3.72. The number of unbranched alkanes of at least 4 members (excludes halogenated alkanes) is 1. The summed E-state index contributed by atoms with van der Waals surface area (Å²) in [5, 5.41) is 2.97. The summed E-state index contributed by atoms with van der Waals surface area (Å²) in [6, 6.07) is 13.2. The largest absolute Gasteiger partial charge is 0.483 e. The molecule has 0 saturated carbocycles. The Kier molecular flexibility index (Phi) is 8.09. The van der Waals surface area contributed by atoms with Gasteiger partial charge >= 0.3 is 0 Å². The number of ether oxygens (including phenoxy) is 1. The molecule has 0 bridgehead atoms. The van der Waals surface area contributed by atoms with Crippen molar-refractivity contribution in [3.05, 3.63) is 59.4 Å². The Morgan fingerprint density at radius 1 is 1.18 bits per heavy atom. The molecule has 1 atom stereocenters. The van der Waals surface area contributed by atoms with Crippen molar-refractivity contribution in [1.82, 2.24) is 19.8 Å². The van der Waals surface area contributed by atoms with E-state index in [9.17, 15) is 9.59 Å². The zero-order valence-electron chi connectivity index (χ0n) is 20.2. The molecular formula is C26H34N4O3. The predicted molar refractivity (Wildman–Crippen MR) is 130 cm³/mol. The average molecular weight is 451 g/mol. The zero-order valence-corrected chi connectivity index (χ0v) is 20.2. The van der Waals surface area contributed by atoms with Gasteiger partial charge in [-0.1, -0.05) is 37.6 Å². The first-order valence-corrected chi connectivity index (χ1v) is 11.5. The number of nitrogens with one attached hydrogen (secondary N) is 1. The molecule has 3 aromatic rings. The molecule has 2 amide bonds. The lowest BCUT2D eigenvalue weighted by atomic mass is 10.1. The van der Waals surface area contributed by atoms with Gasteiger partial charge in [0.05, 0.1) is 17.1 Å². The number of likely N-dealkylation sites (N-methyl/N-ethyl adjacent to an activating group) is 1. The molecule has 176 valence electrons. The molecule has 7 heteroatoms. The SMILES string of the molecule is CCCCN(C)C(=O)Cn1c(C(C)NC(=O)COc2cc(C)ccc2C)nc2ccccc21. The summed E-state index contributed by atoms with van der Waals surface area (Å²) in [6.07, 6.45) is 2.00. The maximum absolute atomic E-state index is 12.8. The third kappa shape index (κ3) is 6.12. The van der Waals surface area contributed by atoms with Crippen LogP contribution in [-0.4, -0.2) is 46.5 Å². The monoisotopic (exact) mass is 450 g/mol. The summed E-state index contributed by atoms with van der Waals surface area (Å²) < 4.78 is 7.64. The van der Waals surface area contributed by atoms with Crippen molar-refractivity contribution in [3.8, 4) is 5.75 Å². The van der Waals surface area contributed by atoms with Gasteiger partial charge < -0.3 is 19.5 Å². The van der Waals surface area contributed by atoms with Gasteiger partial charge in [0, 0.05) is 13.6 Å². The number of rotatable bonds is 10. The zero-order chi connectivity index (χ0) is 24.0. The van der Waals surface area contributed by atoms with E-state index in [4.69, 9.17) is 9.72 Å². The van der Waals surface area contributed by atoms with Crippen molar-refractivity contribution in [2.45, 2.75) is 53.1 Å². The van der Waals surface area contributed by atoms with E-state index >= 15 is 0 Å². The number of imidazole rings is 1. The second-order valence-electron chi connectivity index (χ2n) is 8.56. The third-order valence-corrected chi connectivity index (χ3v) is 5.72. The Labute approximate surface area is 195 Å². The lowest BCUT2D eigenvalue weighted by Gasteiger charge is -2.20. The molecule has 0 spiro atoms. The molecular weight excluding hydrogens is 416 g/mol. The molecule has 7 nitrogen and oxygen atoms in total. The minimum absolute atomic E-state index is 0.0182. The smallest absolute Gasteiger partial charge is 0.258 e. The van der Waals surface area contributed by atoms with Crippen LogP contribution >= 0.6 is 0 Å². The van der Waals surface area contributed by atoms with Gasteiger partial charge in [-0.2, -0.15) is 0 Å². The quantitative estimate of drug-likeness (QED) is 0.503. The molecule has 0 aliphatic carbocycles. The topological polar surface area (TPSA) is 76.5 Å². The highest BCUT2D eigenvalue weighted by molar-refractivity contribution is 5.82. The van der Waals surface area contributed by atoms with Crippen molar-refractivity contribution in [1.29, 1.82) is 0 Å². The van der Waals surface area contributed by atoms with E-state index in [1.54, 1.807) is 4.90 Å². The Bertz CT molecular complexity index is 1120. The van der Waals surface area contributed by atoms with Crippen molar-refractivity contribution in [3.63, 3.8) is 0 Å². The fourth-order valence-corrected chi connectivity index (χ4v) is 3.72. The van der Waals surface area contributed by atoms with Crippen LogP contribution in [0.25, 0.3) is 11.0 Å². The number of hydrogen-bond acceptors (Lipinski definition) is 4. The first-order valence-electron chi connectivity index (χ1n) is 11.5. The van der Waals surface area contributed by atoms with Crippen LogP contribution in [0.1, 0.15) is 49.7 Å². The van der Waals surface area contributed by atoms with Gasteiger partial charge in [0.15, 0.2) is 6.61 Å². The van der Waals surface area contributed by atoms with Crippen LogP contribution in [0.2, 0.25) is 0 Å². The molecule has 0 aliphatic heterocycles. The van der Waals surface area contributed by atoms with E-state index in [0.29, 0.717) is 11.6 Å². The Morgan fingerprint density at radius 3 is 2.70 bits per heavy atom. The number of carbonyl (C=O) groups is 2. The molecule has 3 rings (SSSR count). The molecule has 0 aliphatic rings. The Morgan fingerprint density at radius 2 is 1.94 bits per heavy atom. The minimum Gasteiger partial charge on any atom is -0.483 e. The van der Waals surface area contributed by atoms with Crippen molar-refractivity contribution < 1.29 is 14.3 Å². The van der Waals surface area contributed by atoms with Crippen LogP contribution in [0.15, 0.2) is 42.5 Å². The molecule has 1 heterocycles. The number of hydrogen-bond donors (Lipinski definition) is 1. The number of fused-ring (bicyclic) bond motifs is 1. The summed E-state index contributed by atoms with van der Waals surface area (Å²) in [6.45, 7) is 8.72. The van der Waals surface area contributed by atoms with Gasteiger partial charge in [-0.05, 0) is 56.5 Å². The van der Waals surface area contributed by atoms with Crippen LogP contribution in [0.3, 0.4) is 0 Å². The van der Waals surface area contributed by atoms with Gasteiger partial charge in [-0.15, -0.1) is 0 Å². The van der Waals surface area contributed by atoms with Crippen LogP contribution in [-0.2, 0) is 16.1 Å². The number of aryl methyl sites for hydroxylation is 2. The van der Waals surface area contributed by atoms with E-state index in [1.807, 2.05) is 74.9 Å². The number of amides is 2. The predicted octanol–water partition coefficient (Wildman–Crippen LogP) is 4.17. The van der Waals surface area contributed by atoms with Crippen LogP contribution < -0.4 is 10.1 Å². The molecule has 2 aromatic carbocycles. The van der Waals surface area contributed by atoms with Crippen molar-refractivity contribution in [2.24, 2.45) is 0 Å². The van der Waals surface area contributed by atoms with E-state index in [1.165, 1.54) is 0 Å². The fourth-order valence-electron chi connectivity index (χ4n) is 3.72. The van der Waals surface area contributed by atoms with Crippen LogP contribution in [0.5, 0.6) is 5.75 Å². The fraction of sp³-hybridized carbons (Fsp3) is 0.423. The first kappa shape index (κ1) is 24.3. The number of carbonyl (C=O) groups excluding carboxylic acids is 2.